The third kappa shape index (κ3) is 6.42. The van der Waals surface area contributed by atoms with Crippen molar-refractivity contribution < 1.29 is 24.7 Å². The highest BCUT2D eigenvalue weighted by molar-refractivity contribution is 6.43. The molecule has 0 fully saturated rings. The normalized spacial score (nSPS) is 14.2. The van der Waals surface area contributed by atoms with Crippen LogP contribution in [0.5, 0.6) is 0 Å². The number of carbonyl (C=O) groups excluding carboxylic acids is 2. The van der Waals surface area contributed by atoms with Gasteiger partial charge in [0, 0.05) is 5.56 Å². The van der Waals surface area contributed by atoms with Gasteiger partial charge >= 0.3 is 7.12 Å². The van der Waals surface area contributed by atoms with E-state index in [4.69, 9.17) is 0 Å². The Balaban J connectivity index is 2.09. The van der Waals surface area contributed by atoms with Crippen LogP contribution in [-0.4, -0.2) is 62.4 Å². The van der Waals surface area contributed by atoms with Gasteiger partial charge in [0.05, 0.1) is 17.7 Å². The molecule has 0 saturated heterocycles. The zero-order chi connectivity index (χ0) is 21.6. The van der Waals surface area contributed by atoms with Crippen molar-refractivity contribution in [3.8, 4) is 11.3 Å². The topological polar surface area (TPSA) is 148 Å². The van der Waals surface area contributed by atoms with Crippen LogP contribution in [0, 0.1) is 5.92 Å². The molecule has 0 saturated carbocycles. The summed E-state index contributed by atoms with van der Waals surface area (Å²) in [6, 6.07) is 9.52. The van der Waals surface area contributed by atoms with E-state index >= 15 is 0 Å². The van der Waals surface area contributed by atoms with Crippen LogP contribution >= 0.6 is 0 Å². The maximum Gasteiger partial charge on any atom is 0.475 e. The number of nitrogens with zero attached hydrogens (tertiary/aromatic N) is 1. The molecule has 10 heteroatoms. The van der Waals surface area contributed by atoms with E-state index < -0.39 is 37.0 Å². The zero-order valence-corrected chi connectivity index (χ0v) is 16.7. The van der Waals surface area contributed by atoms with Crippen molar-refractivity contribution in [2.45, 2.75) is 45.3 Å². The molecular formula is C19H27BN4O5. The molecule has 6 N–H and O–H groups in total. The van der Waals surface area contributed by atoms with E-state index in [2.05, 4.69) is 20.8 Å². The van der Waals surface area contributed by atoms with E-state index in [-0.39, 0.29) is 11.6 Å². The van der Waals surface area contributed by atoms with E-state index in [0.717, 1.165) is 5.56 Å². The van der Waals surface area contributed by atoms with E-state index in [1.54, 1.807) is 6.07 Å². The lowest BCUT2D eigenvalue weighted by Gasteiger charge is -2.25. The standard InChI is InChI=1S/C19H27BN4O5/c1-11(2)9-16(20(28)29)21-19(27)17(12(3)25)22-18(26)15-10-14(23-24-15)13-7-5-4-6-8-13/h4-8,10-12,16-17,25,28-29H,9H2,1-3H3,(H,21,27)(H,22,26)(H,23,24)/t12-,16+,17+/m1/s1. The first-order valence-electron chi connectivity index (χ1n) is 9.45. The predicted molar refractivity (Wildman–Crippen MR) is 109 cm³/mol. The van der Waals surface area contributed by atoms with Crippen molar-refractivity contribution >= 4 is 18.9 Å². The van der Waals surface area contributed by atoms with Gasteiger partial charge in [-0.2, -0.15) is 5.10 Å². The van der Waals surface area contributed by atoms with Crippen LogP contribution in [0.3, 0.4) is 0 Å². The molecule has 9 nitrogen and oxygen atoms in total. The van der Waals surface area contributed by atoms with Crippen molar-refractivity contribution in [3.05, 3.63) is 42.1 Å². The summed E-state index contributed by atoms with van der Waals surface area (Å²) in [5.41, 5.74) is 1.51. The number of hydrogen-bond donors (Lipinski definition) is 6. The van der Waals surface area contributed by atoms with Crippen LogP contribution in [0.25, 0.3) is 11.3 Å². The second-order valence-corrected chi connectivity index (χ2v) is 7.38. The number of H-pyrrole nitrogens is 1. The molecule has 1 heterocycles. The maximum absolute atomic E-state index is 12.5. The van der Waals surface area contributed by atoms with Gasteiger partial charge in [0.15, 0.2) is 0 Å². The molecule has 2 aromatic rings. The third-order valence-electron chi connectivity index (χ3n) is 4.36. The number of hydrogen-bond acceptors (Lipinski definition) is 6. The molecule has 29 heavy (non-hydrogen) atoms. The second kappa shape index (κ2) is 10.2. The summed E-state index contributed by atoms with van der Waals surface area (Å²) in [6.07, 6.45) is -0.879. The first-order chi connectivity index (χ1) is 13.7. The number of aliphatic hydroxyl groups excluding tert-OH is 1. The Kier molecular flexibility index (Phi) is 7.95. The van der Waals surface area contributed by atoms with Crippen LogP contribution in [0.1, 0.15) is 37.7 Å². The quantitative estimate of drug-likeness (QED) is 0.328. The van der Waals surface area contributed by atoms with Gasteiger partial charge < -0.3 is 25.8 Å². The van der Waals surface area contributed by atoms with Gasteiger partial charge in [-0.15, -0.1) is 0 Å². The average molecular weight is 402 g/mol. The summed E-state index contributed by atoms with van der Waals surface area (Å²) in [6.45, 7) is 5.11. The van der Waals surface area contributed by atoms with Crippen molar-refractivity contribution in [3.63, 3.8) is 0 Å². The fraction of sp³-hybridized carbons (Fsp3) is 0.421. The Bertz CT molecular complexity index is 810. The van der Waals surface area contributed by atoms with Crippen molar-refractivity contribution in [2.24, 2.45) is 5.92 Å². The first-order valence-corrected chi connectivity index (χ1v) is 9.45. The molecule has 0 unspecified atom stereocenters. The number of aromatic nitrogens is 2. The molecule has 0 aliphatic heterocycles. The molecule has 0 radical (unpaired) electrons. The maximum atomic E-state index is 12.5. The number of nitrogens with one attached hydrogen (secondary N) is 3. The summed E-state index contributed by atoms with van der Waals surface area (Å²) < 4.78 is 0. The lowest BCUT2D eigenvalue weighted by atomic mass is 9.75. The first kappa shape index (κ1) is 22.6. The largest absolute Gasteiger partial charge is 0.475 e. The molecule has 156 valence electrons. The Morgan fingerprint density at radius 3 is 2.34 bits per heavy atom. The van der Waals surface area contributed by atoms with Gasteiger partial charge in [-0.05, 0) is 25.3 Å². The summed E-state index contributed by atoms with van der Waals surface area (Å²) >= 11 is 0. The number of amides is 2. The molecule has 0 aliphatic carbocycles. The fourth-order valence-electron chi connectivity index (χ4n) is 2.85. The van der Waals surface area contributed by atoms with E-state index in [0.29, 0.717) is 12.1 Å². The highest BCUT2D eigenvalue weighted by Crippen LogP contribution is 2.17. The highest BCUT2D eigenvalue weighted by atomic mass is 16.4. The van der Waals surface area contributed by atoms with Crippen LogP contribution in [-0.2, 0) is 4.79 Å². The average Bonchev–Trinajstić information content (AvgIpc) is 3.15. The lowest BCUT2D eigenvalue weighted by molar-refractivity contribution is -0.125. The molecule has 0 bridgehead atoms. The van der Waals surface area contributed by atoms with Crippen LogP contribution in [0.15, 0.2) is 36.4 Å². The molecular weight excluding hydrogens is 375 g/mol. The molecule has 1 aromatic heterocycles. The van der Waals surface area contributed by atoms with E-state index in [1.807, 2.05) is 44.2 Å². The van der Waals surface area contributed by atoms with Crippen molar-refractivity contribution in [1.82, 2.24) is 20.8 Å². The Morgan fingerprint density at radius 1 is 1.14 bits per heavy atom. The summed E-state index contributed by atoms with van der Waals surface area (Å²) in [5, 5.41) is 40.6. The number of aromatic amines is 1. The van der Waals surface area contributed by atoms with Gasteiger partial charge in [0.2, 0.25) is 5.91 Å². The minimum atomic E-state index is -1.76. The number of benzene rings is 1. The van der Waals surface area contributed by atoms with Gasteiger partial charge in [-0.25, -0.2) is 0 Å². The second-order valence-electron chi connectivity index (χ2n) is 7.38. The summed E-state index contributed by atoms with van der Waals surface area (Å²) in [4.78, 5) is 25.1. The van der Waals surface area contributed by atoms with Gasteiger partial charge in [-0.1, -0.05) is 44.2 Å². The van der Waals surface area contributed by atoms with Gasteiger partial charge in [0.25, 0.3) is 5.91 Å². The zero-order valence-electron chi connectivity index (χ0n) is 16.7. The number of rotatable bonds is 9. The van der Waals surface area contributed by atoms with E-state index in [1.165, 1.54) is 6.92 Å². The molecule has 0 spiro atoms. The predicted octanol–water partition coefficient (Wildman–Crippen LogP) is 0.0988. The SMILES string of the molecule is CC(C)C[C@H](NC(=O)[C@@H](NC(=O)c1cc(-c2ccccc2)n[nH]1)[C@@H](C)O)B(O)O. The van der Waals surface area contributed by atoms with Gasteiger partial charge in [0.1, 0.15) is 11.7 Å². The number of carbonyl (C=O) groups is 2. The fourth-order valence-corrected chi connectivity index (χ4v) is 2.85. The molecule has 2 amide bonds. The van der Waals surface area contributed by atoms with Crippen LogP contribution < -0.4 is 10.6 Å². The minimum absolute atomic E-state index is 0.100. The Labute approximate surface area is 169 Å². The van der Waals surface area contributed by atoms with Crippen molar-refractivity contribution in [2.75, 3.05) is 0 Å². The Hall–Kier alpha value is -2.69. The highest BCUT2D eigenvalue weighted by Gasteiger charge is 2.32. The minimum Gasteiger partial charge on any atom is -0.426 e. The Morgan fingerprint density at radius 2 is 1.79 bits per heavy atom. The molecule has 0 aliphatic rings. The summed E-state index contributed by atoms with van der Waals surface area (Å²) in [7, 11) is -1.76. The molecule has 2 rings (SSSR count). The monoisotopic (exact) mass is 402 g/mol. The summed E-state index contributed by atoms with van der Waals surface area (Å²) in [5.74, 6) is -2.15. The van der Waals surface area contributed by atoms with Crippen LogP contribution in [0.4, 0.5) is 0 Å². The van der Waals surface area contributed by atoms with Crippen LogP contribution in [0.2, 0.25) is 0 Å². The van der Waals surface area contributed by atoms with Crippen molar-refractivity contribution in [1.29, 1.82) is 0 Å². The lowest BCUT2D eigenvalue weighted by Crippen LogP contribution is -2.57. The third-order valence-corrected chi connectivity index (χ3v) is 4.36. The van der Waals surface area contributed by atoms with E-state index in [9.17, 15) is 24.7 Å². The molecule has 1 aromatic carbocycles. The molecule has 3 atom stereocenters. The number of aliphatic hydroxyl groups is 1. The van der Waals surface area contributed by atoms with Gasteiger partial charge in [-0.3, -0.25) is 14.7 Å². The smallest absolute Gasteiger partial charge is 0.426 e.